The monoisotopic (exact) mass is 302 g/mol. The standard InChI is InChI=1S/C7H18N2.C6H8N2O4/c8-6-4-2-1-3-5-7-9;1-6(2)3(9)8(4(7)10)5(11)12-6/h1-9H2;1-2H3,(H2,7,10). The van der Waals surface area contributed by atoms with E-state index in [9.17, 15) is 14.4 Å². The molecule has 0 atom stereocenters. The van der Waals surface area contributed by atoms with Gasteiger partial charge in [-0.25, -0.2) is 9.59 Å². The maximum Gasteiger partial charge on any atom is 0.426 e. The molecular formula is C13H26N4O4. The first-order chi connectivity index (χ1) is 9.77. The van der Waals surface area contributed by atoms with E-state index in [4.69, 9.17) is 17.2 Å². The van der Waals surface area contributed by atoms with Crippen molar-refractivity contribution in [3.8, 4) is 0 Å². The smallest absolute Gasteiger partial charge is 0.426 e. The molecule has 1 saturated heterocycles. The molecule has 0 aliphatic carbocycles. The summed E-state index contributed by atoms with van der Waals surface area (Å²) < 4.78 is 4.57. The van der Waals surface area contributed by atoms with Crippen molar-refractivity contribution in [3.63, 3.8) is 0 Å². The van der Waals surface area contributed by atoms with Gasteiger partial charge in [0, 0.05) is 0 Å². The zero-order chi connectivity index (χ0) is 16.5. The molecule has 4 amide bonds. The lowest BCUT2D eigenvalue weighted by molar-refractivity contribution is -0.132. The van der Waals surface area contributed by atoms with Crippen LogP contribution in [0.3, 0.4) is 0 Å². The fourth-order valence-electron chi connectivity index (χ4n) is 1.67. The Morgan fingerprint density at radius 2 is 1.48 bits per heavy atom. The first-order valence-corrected chi connectivity index (χ1v) is 7.05. The Morgan fingerprint density at radius 3 is 1.71 bits per heavy atom. The highest BCUT2D eigenvalue weighted by molar-refractivity contribution is 6.14. The molecule has 1 aliphatic heterocycles. The van der Waals surface area contributed by atoms with Crippen LogP contribution in [0.5, 0.6) is 0 Å². The molecule has 6 N–H and O–H groups in total. The summed E-state index contributed by atoms with van der Waals surface area (Å²) >= 11 is 0. The van der Waals surface area contributed by atoms with Crippen molar-refractivity contribution in [2.45, 2.75) is 51.6 Å². The van der Waals surface area contributed by atoms with Gasteiger partial charge in [0.15, 0.2) is 5.60 Å². The topological polar surface area (TPSA) is 142 Å². The molecule has 122 valence electrons. The fraction of sp³-hybridized carbons (Fsp3) is 0.769. The Kier molecular flexibility index (Phi) is 8.56. The van der Waals surface area contributed by atoms with Crippen LogP contribution in [0.25, 0.3) is 0 Å². The van der Waals surface area contributed by atoms with Gasteiger partial charge in [0.05, 0.1) is 0 Å². The van der Waals surface area contributed by atoms with Crippen molar-refractivity contribution >= 4 is 18.0 Å². The summed E-state index contributed by atoms with van der Waals surface area (Å²) in [5.41, 5.74) is 14.1. The molecule has 0 unspecified atom stereocenters. The third-order valence-electron chi connectivity index (χ3n) is 2.87. The number of rotatable bonds is 6. The number of hydrogen-bond donors (Lipinski definition) is 3. The van der Waals surface area contributed by atoms with Crippen molar-refractivity contribution in [1.29, 1.82) is 0 Å². The average molecular weight is 302 g/mol. The molecule has 1 rings (SSSR count). The van der Waals surface area contributed by atoms with Crippen LogP contribution in [-0.4, -0.2) is 41.6 Å². The number of primary amides is 1. The summed E-state index contributed by atoms with van der Waals surface area (Å²) in [5, 5.41) is 0. The van der Waals surface area contributed by atoms with Crippen molar-refractivity contribution in [3.05, 3.63) is 0 Å². The number of unbranched alkanes of at least 4 members (excludes halogenated alkanes) is 4. The fourth-order valence-corrected chi connectivity index (χ4v) is 1.67. The quantitative estimate of drug-likeness (QED) is 0.616. The number of nitrogens with zero attached hydrogens (tertiary/aromatic N) is 1. The van der Waals surface area contributed by atoms with Gasteiger partial charge in [0.25, 0.3) is 5.91 Å². The third-order valence-corrected chi connectivity index (χ3v) is 2.87. The molecule has 0 aromatic rings. The Balaban J connectivity index is 0.000000400. The highest BCUT2D eigenvalue weighted by Crippen LogP contribution is 2.22. The van der Waals surface area contributed by atoms with Gasteiger partial charge in [0.2, 0.25) is 0 Å². The van der Waals surface area contributed by atoms with Crippen LogP contribution in [-0.2, 0) is 9.53 Å². The molecule has 0 bridgehead atoms. The number of carbonyl (C=O) groups is 3. The number of carbonyl (C=O) groups excluding carboxylic acids is 3. The Bertz CT molecular complexity index is 365. The van der Waals surface area contributed by atoms with Crippen LogP contribution >= 0.6 is 0 Å². The van der Waals surface area contributed by atoms with Crippen molar-refractivity contribution < 1.29 is 19.1 Å². The predicted molar refractivity (Wildman–Crippen MR) is 78.2 cm³/mol. The van der Waals surface area contributed by atoms with Crippen molar-refractivity contribution in [1.82, 2.24) is 4.90 Å². The number of hydrogen-bond acceptors (Lipinski definition) is 6. The summed E-state index contributed by atoms with van der Waals surface area (Å²) in [4.78, 5) is 32.8. The SMILES string of the molecule is CC1(C)OC(=O)N(C(N)=O)C1=O.NCCCCCCCN. The zero-order valence-corrected chi connectivity index (χ0v) is 12.8. The largest absolute Gasteiger partial charge is 0.433 e. The molecule has 8 nitrogen and oxygen atoms in total. The van der Waals surface area contributed by atoms with Gasteiger partial charge in [0.1, 0.15) is 0 Å². The highest BCUT2D eigenvalue weighted by atomic mass is 16.6. The summed E-state index contributed by atoms with van der Waals surface area (Å²) in [6.45, 7) is 4.44. The van der Waals surface area contributed by atoms with E-state index in [-0.39, 0.29) is 4.90 Å². The molecular weight excluding hydrogens is 276 g/mol. The molecule has 1 aliphatic rings. The average Bonchev–Trinajstić information content (AvgIpc) is 2.59. The molecule has 1 fully saturated rings. The maximum atomic E-state index is 11.2. The number of urea groups is 1. The molecule has 0 saturated carbocycles. The minimum atomic E-state index is -1.29. The van der Waals surface area contributed by atoms with Crippen molar-refractivity contribution in [2.24, 2.45) is 17.2 Å². The second-order valence-electron chi connectivity index (χ2n) is 5.20. The Labute approximate surface area is 124 Å². The third kappa shape index (κ3) is 6.54. The maximum absolute atomic E-state index is 11.2. The van der Waals surface area contributed by atoms with Crippen LogP contribution in [0, 0.1) is 0 Å². The number of imide groups is 3. The Hall–Kier alpha value is -1.67. The lowest BCUT2D eigenvalue weighted by Gasteiger charge is -2.10. The van der Waals surface area contributed by atoms with Crippen LogP contribution in [0.2, 0.25) is 0 Å². The van der Waals surface area contributed by atoms with Gasteiger partial charge in [-0.3, -0.25) is 4.79 Å². The van der Waals surface area contributed by atoms with Crippen LogP contribution in [0.15, 0.2) is 0 Å². The van der Waals surface area contributed by atoms with Crippen molar-refractivity contribution in [2.75, 3.05) is 13.1 Å². The van der Waals surface area contributed by atoms with Gasteiger partial charge < -0.3 is 21.9 Å². The second-order valence-corrected chi connectivity index (χ2v) is 5.20. The minimum absolute atomic E-state index is 0.278. The first kappa shape index (κ1) is 19.3. The van der Waals surface area contributed by atoms with E-state index in [1.165, 1.54) is 46.0 Å². The van der Waals surface area contributed by atoms with E-state index >= 15 is 0 Å². The van der Waals surface area contributed by atoms with Gasteiger partial charge >= 0.3 is 12.1 Å². The van der Waals surface area contributed by atoms with Crippen LogP contribution in [0.1, 0.15) is 46.0 Å². The zero-order valence-electron chi connectivity index (χ0n) is 12.8. The van der Waals surface area contributed by atoms with Crippen LogP contribution in [0.4, 0.5) is 9.59 Å². The summed E-state index contributed by atoms with van der Waals surface area (Å²) in [6, 6.07) is -1.12. The number of amides is 4. The normalized spacial score (nSPS) is 16.3. The van der Waals surface area contributed by atoms with E-state index < -0.39 is 23.6 Å². The first-order valence-electron chi connectivity index (χ1n) is 7.05. The van der Waals surface area contributed by atoms with Gasteiger partial charge in [-0.15, -0.1) is 0 Å². The molecule has 0 aromatic carbocycles. The predicted octanol–water partition coefficient (Wildman–Crippen LogP) is 0.677. The van der Waals surface area contributed by atoms with Crippen LogP contribution < -0.4 is 17.2 Å². The van der Waals surface area contributed by atoms with E-state index in [1.54, 1.807) is 0 Å². The number of ether oxygens (including phenoxy) is 1. The second kappa shape index (κ2) is 9.30. The lowest BCUT2D eigenvalue weighted by Crippen LogP contribution is -2.43. The lowest BCUT2D eigenvalue weighted by atomic mass is 10.1. The highest BCUT2D eigenvalue weighted by Gasteiger charge is 2.49. The molecule has 0 radical (unpaired) electrons. The van der Waals surface area contributed by atoms with E-state index in [2.05, 4.69) is 4.74 Å². The van der Waals surface area contributed by atoms with Gasteiger partial charge in [-0.1, -0.05) is 19.3 Å². The molecule has 21 heavy (non-hydrogen) atoms. The summed E-state index contributed by atoms with van der Waals surface area (Å²) in [5.74, 6) is -0.736. The van der Waals surface area contributed by atoms with Gasteiger partial charge in [-0.05, 0) is 39.8 Å². The summed E-state index contributed by atoms with van der Waals surface area (Å²) in [6.07, 6.45) is 5.17. The Morgan fingerprint density at radius 1 is 1.05 bits per heavy atom. The number of nitrogens with two attached hydrogens (primary N) is 3. The molecule has 0 aromatic heterocycles. The van der Waals surface area contributed by atoms with E-state index in [1.807, 2.05) is 0 Å². The van der Waals surface area contributed by atoms with E-state index in [0.29, 0.717) is 0 Å². The van der Waals surface area contributed by atoms with E-state index in [0.717, 1.165) is 13.1 Å². The molecule has 8 heteroatoms. The minimum Gasteiger partial charge on any atom is -0.433 e. The molecule has 1 heterocycles. The van der Waals surface area contributed by atoms with Gasteiger partial charge in [-0.2, -0.15) is 4.90 Å². The summed E-state index contributed by atoms with van der Waals surface area (Å²) in [7, 11) is 0. The number of cyclic esters (lactones) is 1. The molecule has 0 spiro atoms.